The SMILES string of the molecule is Cn1c(C2CCN(C(=O)C3=Cc4cc(Cl)ccc4OC3)CC2)n[nH]c1=S. The highest BCUT2D eigenvalue weighted by molar-refractivity contribution is 7.71. The van der Waals surface area contributed by atoms with E-state index in [0.717, 1.165) is 30.0 Å². The monoisotopic (exact) mass is 390 g/mol. The minimum atomic E-state index is 0.0319. The lowest BCUT2D eigenvalue weighted by Crippen LogP contribution is -2.40. The molecule has 26 heavy (non-hydrogen) atoms. The molecule has 1 N–H and O–H groups in total. The van der Waals surface area contributed by atoms with Crippen LogP contribution in [-0.4, -0.2) is 45.3 Å². The fourth-order valence-corrected chi connectivity index (χ4v) is 3.86. The molecule has 1 aromatic heterocycles. The number of nitrogens with one attached hydrogen (secondary N) is 1. The van der Waals surface area contributed by atoms with Crippen LogP contribution in [0.5, 0.6) is 5.75 Å². The number of ether oxygens (including phenoxy) is 1. The van der Waals surface area contributed by atoms with Crippen LogP contribution in [0, 0.1) is 4.77 Å². The summed E-state index contributed by atoms with van der Waals surface area (Å²) in [5, 5.41) is 7.79. The molecule has 0 radical (unpaired) electrons. The molecular formula is C18H19ClN4O2S. The van der Waals surface area contributed by atoms with E-state index in [-0.39, 0.29) is 5.91 Å². The van der Waals surface area contributed by atoms with Gasteiger partial charge in [-0.25, -0.2) is 0 Å². The molecule has 4 rings (SSSR count). The quantitative estimate of drug-likeness (QED) is 0.799. The summed E-state index contributed by atoms with van der Waals surface area (Å²) in [5.41, 5.74) is 1.51. The Balaban J connectivity index is 1.46. The third kappa shape index (κ3) is 3.17. The highest BCUT2D eigenvalue weighted by Crippen LogP contribution is 2.31. The van der Waals surface area contributed by atoms with Crippen LogP contribution in [-0.2, 0) is 11.8 Å². The number of carbonyl (C=O) groups is 1. The van der Waals surface area contributed by atoms with Crippen molar-refractivity contribution in [1.29, 1.82) is 0 Å². The van der Waals surface area contributed by atoms with E-state index in [1.807, 2.05) is 34.7 Å². The van der Waals surface area contributed by atoms with Gasteiger partial charge in [0, 0.05) is 36.6 Å². The molecule has 2 aliphatic rings. The van der Waals surface area contributed by atoms with Crippen molar-refractivity contribution in [1.82, 2.24) is 19.7 Å². The molecule has 6 nitrogen and oxygen atoms in total. The zero-order valence-corrected chi connectivity index (χ0v) is 15.9. The number of nitrogens with zero attached hydrogens (tertiary/aromatic N) is 3. The molecule has 0 atom stereocenters. The molecule has 136 valence electrons. The number of aromatic amines is 1. The van der Waals surface area contributed by atoms with Gasteiger partial charge >= 0.3 is 0 Å². The largest absolute Gasteiger partial charge is 0.488 e. The van der Waals surface area contributed by atoms with Crippen molar-refractivity contribution in [2.45, 2.75) is 18.8 Å². The predicted octanol–water partition coefficient (Wildman–Crippen LogP) is 3.31. The lowest BCUT2D eigenvalue weighted by atomic mass is 9.95. The summed E-state index contributed by atoms with van der Waals surface area (Å²) in [5.74, 6) is 2.07. The van der Waals surface area contributed by atoms with Crippen molar-refractivity contribution in [2.24, 2.45) is 7.05 Å². The van der Waals surface area contributed by atoms with E-state index in [1.54, 1.807) is 6.07 Å². The summed E-state index contributed by atoms with van der Waals surface area (Å²) >= 11 is 11.2. The Morgan fingerprint density at radius 3 is 2.85 bits per heavy atom. The summed E-state index contributed by atoms with van der Waals surface area (Å²) in [6.07, 6.45) is 3.63. The van der Waals surface area contributed by atoms with Crippen LogP contribution in [0.25, 0.3) is 6.08 Å². The van der Waals surface area contributed by atoms with Crippen LogP contribution < -0.4 is 4.74 Å². The van der Waals surface area contributed by atoms with Crippen molar-refractivity contribution in [3.8, 4) is 5.75 Å². The fraction of sp³-hybridized carbons (Fsp3) is 0.389. The van der Waals surface area contributed by atoms with Gasteiger partial charge in [-0.2, -0.15) is 5.10 Å². The van der Waals surface area contributed by atoms with Gasteiger partial charge in [-0.3, -0.25) is 9.89 Å². The van der Waals surface area contributed by atoms with E-state index in [1.165, 1.54) is 0 Å². The maximum Gasteiger partial charge on any atom is 0.253 e. The van der Waals surface area contributed by atoms with Crippen molar-refractivity contribution in [2.75, 3.05) is 19.7 Å². The van der Waals surface area contributed by atoms with E-state index in [2.05, 4.69) is 10.2 Å². The number of likely N-dealkylation sites (tertiary alicyclic amines) is 1. The Kier molecular flexibility index (Phi) is 4.58. The number of H-pyrrole nitrogens is 1. The average Bonchev–Trinajstić information content (AvgIpc) is 2.99. The van der Waals surface area contributed by atoms with Crippen LogP contribution in [0.15, 0.2) is 23.8 Å². The second-order valence-corrected chi connectivity index (χ2v) is 7.48. The number of fused-ring (bicyclic) bond motifs is 1. The average molecular weight is 391 g/mol. The number of hydrogen-bond acceptors (Lipinski definition) is 4. The highest BCUT2D eigenvalue weighted by atomic mass is 35.5. The number of benzene rings is 1. The lowest BCUT2D eigenvalue weighted by molar-refractivity contribution is -0.128. The minimum absolute atomic E-state index is 0.0319. The first-order valence-corrected chi connectivity index (χ1v) is 9.35. The van der Waals surface area contributed by atoms with Crippen molar-refractivity contribution >= 4 is 35.8 Å². The molecule has 0 saturated carbocycles. The molecule has 1 fully saturated rings. The van der Waals surface area contributed by atoms with Crippen molar-refractivity contribution < 1.29 is 9.53 Å². The van der Waals surface area contributed by atoms with Gasteiger partial charge < -0.3 is 14.2 Å². The predicted molar refractivity (Wildman–Crippen MR) is 102 cm³/mol. The molecule has 2 aliphatic heterocycles. The van der Waals surface area contributed by atoms with Crippen LogP contribution in [0.1, 0.15) is 30.1 Å². The Bertz CT molecular complexity index is 941. The first-order chi connectivity index (χ1) is 12.5. The Labute approximate surface area is 161 Å². The van der Waals surface area contributed by atoms with Crippen LogP contribution in [0.2, 0.25) is 5.02 Å². The van der Waals surface area contributed by atoms with Crippen molar-refractivity contribution in [3.63, 3.8) is 0 Å². The first kappa shape index (κ1) is 17.3. The molecule has 3 heterocycles. The third-order valence-corrected chi connectivity index (χ3v) is 5.62. The van der Waals surface area contributed by atoms with Crippen molar-refractivity contribution in [3.05, 3.63) is 45.0 Å². The summed E-state index contributed by atoms with van der Waals surface area (Å²) in [4.78, 5) is 14.8. The van der Waals surface area contributed by atoms with Crippen LogP contribution >= 0.6 is 23.8 Å². The molecule has 1 saturated heterocycles. The number of hydrogen-bond donors (Lipinski definition) is 1. The summed E-state index contributed by atoms with van der Waals surface area (Å²) in [7, 11) is 1.92. The number of halogens is 1. The normalized spacial score (nSPS) is 17.5. The van der Waals surface area contributed by atoms with E-state index in [0.29, 0.717) is 41.0 Å². The van der Waals surface area contributed by atoms with Gasteiger partial charge in [0.1, 0.15) is 18.2 Å². The van der Waals surface area contributed by atoms with Gasteiger partial charge in [0.15, 0.2) is 4.77 Å². The standard InChI is InChI=1S/C18H19ClN4O2S/c1-22-16(20-21-18(22)26)11-4-6-23(7-5-11)17(24)13-8-12-9-14(19)2-3-15(12)25-10-13/h2-3,8-9,11H,4-7,10H2,1H3,(H,21,26). The van der Waals surface area contributed by atoms with E-state index < -0.39 is 0 Å². The summed E-state index contributed by atoms with van der Waals surface area (Å²) < 4.78 is 8.25. The fourth-order valence-electron chi connectivity index (χ4n) is 3.54. The highest BCUT2D eigenvalue weighted by Gasteiger charge is 2.29. The van der Waals surface area contributed by atoms with Gasteiger partial charge in [-0.05, 0) is 49.3 Å². The molecule has 1 aromatic carbocycles. The number of piperidine rings is 1. The zero-order chi connectivity index (χ0) is 18.3. The molecule has 0 aliphatic carbocycles. The maximum atomic E-state index is 12.9. The Morgan fingerprint density at radius 2 is 2.15 bits per heavy atom. The smallest absolute Gasteiger partial charge is 0.253 e. The minimum Gasteiger partial charge on any atom is -0.488 e. The summed E-state index contributed by atoms with van der Waals surface area (Å²) in [6.45, 7) is 1.69. The Hall–Kier alpha value is -2.12. The number of amides is 1. The second kappa shape index (κ2) is 6.89. The van der Waals surface area contributed by atoms with E-state index in [9.17, 15) is 4.79 Å². The van der Waals surface area contributed by atoms with Gasteiger partial charge in [0.05, 0.1) is 5.57 Å². The third-order valence-electron chi connectivity index (χ3n) is 5.02. The number of carbonyl (C=O) groups excluding carboxylic acids is 1. The van der Waals surface area contributed by atoms with E-state index >= 15 is 0 Å². The van der Waals surface area contributed by atoms with Gasteiger partial charge in [-0.1, -0.05) is 11.6 Å². The van der Waals surface area contributed by atoms with Gasteiger partial charge in [0.2, 0.25) is 0 Å². The molecular weight excluding hydrogens is 372 g/mol. The van der Waals surface area contributed by atoms with Crippen LogP contribution in [0.3, 0.4) is 0 Å². The van der Waals surface area contributed by atoms with E-state index in [4.69, 9.17) is 28.6 Å². The molecule has 2 aromatic rings. The number of aromatic nitrogens is 3. The molecule has 0 bridgehead atoms. The molecule has 8 heteroatoms. The summed E-state index contributed by atoms with van der Waals surface area (Å²) in [6, 6.07) is 5.44. The zero-order valence-electron chi connectivity index (χ0n) is 14.4. The topological polar surface area (TPSA) is 63.1 Å². The molecule has 0 unspecified atom stereocenters. The Morgan fingerprint density at radius 1 is 1.38 bits per heavy atom. The number of rotatable bonds is 2. The van der Waals surface area contributed by atoms with Gasteiger partial charge in [-0.15, -0.1) is 0 Å². The van der Waals surface area contributed by atoms with Gasteiger partial charge in [0.25, 0.3) is 5.91 Å². The first-order valence-electron chi connectivity index (χ1n) is 8.56. The molecule has 1 amide bonds. The maximum absolute atomic E-state index is 12.9. The lowest BCUT2D eigenvalue weighted by Gasteiger charge is -2.32. The second-order valence-electron chi connectivity index (χ2n) is 6.65. The molecule has 0 spiro atoms. The van der Waals surface area contributed by atoms with Crippen LogP contribution in [0.4, 0.5) is 0 Å².